The Balaban J connectivity index is 1.94. The fourth-order valence-electron chi connectivity index (χ4n) is 1.50. The molecule has 0 aliphatic heterocycles. The summed E-state index contributed by atoms with van der Waals surface area (Å²) in [6.45, 7) is 3.21. The van der Waals surface area contributed by atoms with Crippen LogP contribution in [0.2, 0.25) is 0 Å². The zero-order chi connectivity index (χ0) is 13.5. The minimum absolute atomic E-state index is 0.252. The highest BCUT2D eigenvalue weighted by Crippen LogP contribution is 2.05. The first-order chi connectivity index (χ1) is 9.29. The van der Waals surface area contributed by atoms with Crippen LogP contribution in [0.15, 0.2) is 35.2 Å². The molecule has 0 aliphatic rings. The molecule has 2 N–H and O–H groups in total. The van der Waals surface area contributed by atoms with Crippen molar-refractivity contribution in [3.05, 3.63) is 42.2 Å². The summed E-state index contributed by atoms with van der Waals surface area (Å²) in [6.07, 6.45) is 3.93. The molecule has 1 amide bonds. The summed E-state index contributed by atoms with van der Waals surface area (Å²) in [4.78, 5) is 19.9. The van der Waals surface area contributed by atoms with Crippen molar-refractivity contribution in [2.24, 2.45) is 0 Å². The summed E-state index contributed by atoms with van der Waals surface area (Å²) in [5.41, 5.74) is 0.333. The summed E-state index contributed by atoms with van der Waals surface area (Å²) in [5.74, 6) is 1.10. The second-order valence-electron chi connectivity index (χ2n) is 3.98. The monoisotopic (exact) mass is 260 g/mol. The van der Waals surface area contributed by atoms with Gasteiger partial charge in [-0.3, -0.25) is 4.79 Å². The molecule has 0 fully saturated rings. The van der Waals surface area contributed by atoms with Gasteiger partial charge in [0.05, 0.1) is 12.8 Å². The van der Waals surface area contributed by atoms with Crippen molar-refractivity contribution in [2.45, 2.75) is 19.9 Å². The van der Waals surface area contributed by atoms with Gasteiger partial charge in [-0.2, -0.15) is 0 Å². The summed E-state index contributed by atoms with van der Waals surface area (Å²) in [6, 6.07) is 5.21. The van der Waals surface area contributed by atoms with Crippen LogP contribution in [0.4, 0.5) is 5.82 Å². The van der Waals surface area contributed by atoms with Crippen molar-refractivity contribution in [1.82, 2.24) is 15.3 Å². The second kappa shape index (κ2) is 6.53. The Hall–Kier alpha value is -2.37. The number of hydrogen-bond donors (Lipinski definition) is 2. The zero-order valence-corrected chi connectivity index (χ0v) is 10.7. The lowest BCUT2D eigenvalue weighted by Crippen LogP contribution is -2.23. The number of nitrogens with zero attached hydrogens (tertiary/aromatic N) is 2. The first-order valence-electron chi connectivity index (χ1n) is 6.16. The maximum absolute atomic E-state index is 11.9. The molecule has 6 heteroatoms. The SMILES string of the molecule is CCCNc1cc(C(=O)NCc2ccco2)ncn1. The van der Waals surface area contributed by atoms with Gasteiger partial charge >= 0.3 is 0 Å². The lowest BCUT2D eigenvalue weighted by atomic mass is 10.3. The molecule has 0 bridgehead atoms. The summed E-state index contributed by atoms with van der Waals surface area (Å²) < 4.78 is 5.14. The van der Waals surface area contributed by atoms with Crippen LogP contribution in [-0.2, 0) is 6.54 Å². The van der Waals surface area contributed by atoms with Crippen molar-refractivity contribution >= 4 is 11.7 Å². The minimum atomic E-state index is -0.252. The molecule has 0 saturated heterocycles. The highest BCUT2D eigenvalue weighted by Gasteiger charge is 2.08. The minimum Gasteiger partial charge on any atom is -0.467 e. The summed E-state index contributed by atoms with van der Waals surface area (Å²) in [7, 11) is 0. The van der Waals surface area contributed by atoms with E-state index in [1.165, 1.54) is 6.33 Å². The van der Waals surface area contributed by atoms with Gasteiger partial charge in [0.15, 0.2) is 0 Å². The zero-order valence-electron chi connectivity index (χ0n) is 10.7. The van der Waals surface area contributed by atoms with Crippen molar-refractivity contribution in [3.8, 4) is 0 Å². The number of rotatable bonds is 6. The molecule has 2 aromatic heterocycles. The van der Waals surface area contributed by atoms with E-state index in [4.69, 9.17) is 4.42 Å². The van der Waals surface area contributed by atoms with Gasteiger partial charge in [-0.15, -0.1) is 0 Å². The first-order valence-corrected chi connectivity index (χ1v) is 6.16. The molecular formula is C13H16N4O2. The highest BCUT2D eigenvalue weighted by molar-refractivity contribution is 5.92. The van der Waals surface area contributed by atoms with Gasteiger partial charge < -0.3 is 15.1 Å². The van der Waals surface area contributed by atoms with Crippen LogP contribution in [-0.4, -0.2) is 22.4 Å². The number of furan rings is 1. The van der Waals surface area contributed by atoms with Gasteiger partial charge in [-0.05, 0) is 18.6 Å². The fraction of sp³-hybridized carbons (Fsp3) is 0.308. The molecule has 6 nitrogen and oxygen atoms in total. The third-order valence-electron chi connectivity index (χ3n) is 2.46. The van der Waals surface area contributed by atoms with Crippen LogP contribution in [0.3, 0.4) is 0 Å². The van der Waals surface area contributed by atoms with E-state index in [9.17, 15) is 4.79 Å². The Morgan fingerprint density at radius 3 is 3.05 bits per heavy atom. The van der Waals surface area contributed by atoms with Crippen LogP contribution in [0.1, 0.15) is 29.6 Å². The Labute approximate surface area is 111 Å². The standard InChI is InChI=1S/C13H16N4O2/c1-2-5-14-12-7-11(16-9-17-12)13(18)15-8-10-4-3-6-19-10/h3-4,6-7,9H,2,5,8H2,1H3,(H,15,18)(H,14,16,17). The fourth-order valence-corrected chi connectivity index (χ4v) is 1.50. The Bertz CT molecular complexity index is 525. The average Bonchev–Trinajstić information content (AvgIpc) is 2.96. The maximum Gasteiger partial charge on any atom is 0.270 e. The van der Waals surface area contributed by atoms with Crippen molar-refractivity contribution < 1.29 is 9.21 Å². The molecule has 0 saturated carbocycles. The number of carbonyl (C=O) groups is 1. The van der Waals surface area contributed by atoms with Gasteiger partial charge in [-0.25, -0.2) is 9.97 Å². The Morgan fingerprint density at radius 1 is 1.42 bits per heavy atom. The quantitative estimate of drug-likeness (QED) is 0.828. The van der Waals surface area contributed by atoms with E-state index in [-0.39, 0.29) is 5.91 Å². The van der Waals surface area contributed by atoms with E-state index in [1.807, 2.05) is 0 Å². The molecule has 2 aromatic rings. The molecule has 2 rings (SSSR count). The molecule has 0 spiro atoms. The van der Waals surface area contributed by atoms with Crippen LogP contribution in [0, 0.1) is 0 Å². The molecular weight excluding hydrogens is 244 g/mol. The Morgan fingerprint density at radius 2 is 2.32 bits per heavy atom. The predicted octanol–water partition coefficient (Wildman–Crippen LogP) is 1.82. The van der Waals surface area contributed by atoms with Crippen LogP contribution < -0.4 is 10.6 Å². The number of nitrogens with one attached hydrogen (secondary N) is 2. The molecule has 0 aromatic carbocycles. The normalized spacial score (nSPS) is 10.2. The molecule has 100 valence electrons. The number of aromatic nitrogens is 2. The summed E-state index contributed by atoms with van der Waals surface area (Å²) in [5, 5.41) is 5.84. The van der Waals surface area contributed by atoms with Gasteiger partial charge in [-0.1, -0.05) is 6.92 Å². The number of amides is 1. The van der Waals surface area contributed by atoms with Gasteiger partial charge in [0.1, 0.15) is 23.6 Å². The predicted molar refractivity (Wildman–Crippen MR) is 70.7 cm³/mol. The average molecular weight is 260 g/mol. The van der Waals surface area contributed by atoms with Crippen LogP contribution in [0.5, 0.6) is 0 Å². The number of carbonyl (C=O) groups excluding carboxylic acids is 1. The Kier molecular flexibility index (Phi) is 4.49. The van der Waals surface area contributed by atoms with Crippen LogP contribution in [0.25, 0.3) is 0 Å². The lowest BCUT2D eigenvalue weighted by molar-refractivity contribution is 0.0943. The van der Waals surface area contributed by atoms with E-state index in [0.29, 0.717) is 23.8 Å². The third kappa shape index (κ3) is 3.80. The lowest BCUT2D eigenvalue weighted by Gasteiger charge is -2.06. The van der Waals surface area contributed by atoms with E-state index >= 15 is 0 Å². The largest absolute Gasteiger partial charge is 0.467 e. The first kappa shape index (κ1) is 13.1. The number of anilines is 1. The smallest absolute Gasteiger partial charge is 0.270 e. The van der Waals surface area contributed by atoms with Crippen molar-refractivity contribution in [2.75, 3.05) is 11.9 Å². The molecule has 0 radical (unpaired) electrons. The van der Waals surface area contributed by atoms with Crippen LogP contribution >= 0.6 is 0 Å². The van der Waals surface area contributed by atoms with E-state index in [2.05, 4.69) is 27.5 Å². The summed E-state index contributed by atoms with van der Waals surface area (Å²) >= 11 is 0. The van der Waals surface area contributed by atoms with Gasteiger partial charge in [0.2, 0.25) is 0 Å². The topological polar surface area (TPSA) is 80.0 Å². The van der Waals surface area contributed by atoms with Gasteiger partial charge in [0, 0.05) is 12.6 Å². The second-order valence-corrected chi connectivity index (χ2v) is 3.98. The van der Waals surface area contributed by atoms with Crippen molar-refractivity contribution in [1.29, 1.82) is 0 Å². The molecule has 0 atom stereocenters. The molecule has 2 heterocycles. The third-order valence-corrected chi connectivity index (χ3v) is 2.46. The molecule has 0 aliphatic carbocycles. The van der Waals surface area contributed by atoms with Gasteiger partial charge in [0.25, 0.3) is 5.91 Å². The van der Waals surface area contributed by atoms with Crippen molar-refractivity contribution in [3.63, 3.8) is 0 Å². The number of hydrogen-bond acceptors (Lipinski definition) is 5. The maximum atomic E-state index is 11.9. The van der Waals surface area contributed by atoms with E-state index in [1.54, 1.807) is 24.5 Å². The molecule has 19 heavy (non-hydrogen) atoms. The van der Waals surface area contributed by atoms with E-state index < -0.39 is 0 Å². The highest BCUT2D eigenvalue weighted by atomic mass is 16.3. The molecule has 0 unspecified atom stereocenters. The van der Waals surface area contributed by atoms with E-state index in [0.717, 1.165) is 13.0 Å².